The van der Waals surface area contributed by atoms with Crippen molar-refractivity contribution in [2.45, 2.75) is 19.4 Å². The maximum absolute atomic E-state index is 10.8. The molecule has 6 heteroatoms. The van der Waals surface area contributed by atoms with E-state index in [2.05, 4.69) is 6.58 Å². The van der Waals surface area contributed by atoms with Crippen LogP contribution in [0.25, 0.3) is 0 Å². The van der Waals surface area contributed by atoms with Crippen molar-refractivity contribution in [1.29, 1.82) is 0 Å². The number of halogens is 2. The first-order valence-electron chi connectivity index (χ1n) is 4.75. The highest BCUT2D eigenvalue weighted by molar-refractivity contribution is 6.30. The second kappa shape index (κ2) is 6.59. The summed E-state index contributed by atoms with van der Waals surface area (Å²) in [6.07, 6.45) is 0.501. The van der Waals surface area contributed by atoms with Crippen LogP contribution < -0.4 is 5.73 Å². The third kappa shape index (κ3) is 4.34. The van der Waals surface area contributed by atoms with Gasteiger partial charge in [0.15, 0.2) is 0 Å². The second-order valence-electron chi connectivity index (χ2n) is 3.73. The van der Waals surface area contributed by atoms with E-state index in [1.54, 1.807) is 0 Å². The molecular formula is C11H14Cl2N2O2. The van der Waals surface area contributed by atoms with Gasteiger partial charge < -0.3 is 5.73 Å². The van der Waals surface area contributed by atoms with Gasteiger partial charge in [-0.3, -0.25) is 10.1 Å². The zero-order chi connectivity index (χ0) is 12.3. The van der Waals surface area contributed by atoms with Crippen molar-refractivity contribution < 1.29 is 4.92 Å². The summed E-state index contributed by atoms with van der Waals surface area (Å²) < 4.78 is 0. The maximum Gasteiger partial charge on any atom is 0.274 e. The number of rotatable bonds is 4. The minimum absolute atomic E-state index is 0. The van der Waals surface area contributed by atoms with Crippen LogP contribution in [-0.2, 0) is 0 Å². The molecule has 0 bridgehead atoms. The van der Waals surface area contributed by atoms with E-state index in [9.17, 15) is 10.1 Å². The molecule has 94 valence electrons. The molecule has 0 saturated carbocycles. The van der Waals surface area contributed by atoms with Gasteiger partial charge in [-0.05, 0) is 25.5 Å². The van der Waals surface area contributed by atoms with Gasteiger partial charge in [0.2, 0.25) is 0 Å². The van der Waals surface area contributed by atoms with Gasteiger partial charge in [-0.2, -0.15) is 0 Å². The summed E-state index contributed by atoms with van der Waals surface area (Å²) in [5.74, 6) is 0. The van der Waals surface area contributed by atoms with E-state index in [1.807, 2.05) is 6.92 Å². The van der Waals surface area contributed by atoms with E-state index in [-0.39, 0.29) is 18.1 Å². The Balaban J connectivity index is 0.00000256. The Morgan fingerprint density at radius 1 is 1.65 bits per heavy atom. The van der Waals surface area contributed by atoms with Crippen LogP contribution in [0.1, 0.15) is 24.9 Å². The summed E-state index contributed by atoms with van der Waals surface area (Å²) in [5, 5.41) is 11.3. The summed E-state index contributed by atoms with van der Waals surface area (Å²) in [6, 6.07) is 3.94. The van der Waals surface area contributed by atoms with Crippen molar-refractivity contribution in [3.05, 3.63) is 51.1 Å². The van der Waals surface area contributed by atoms with Gasteiger partial charge in [-0.15, -0.1) is 19.0 Å². The molecule has 0 fully saturated rings. The average molecular weight is 277 g/mol. The molecule has 2 N–H and O–H groups in total. The van der Waals surface area contributed by atoms with E-state index in [4.69, 9.17) is 17.3 Å². The highest BCUT2D eigenvalue weighted by Gasteiger charge is 2.19. The van der Waals surface area contributed by atoms with Gasteiger partial charge >= 0.3 is 0 Å². The molecule has 17 heavy (non-hydrogen) atoms. The monoisotopic (exact) mass is 276 g/mol. The van der Waals surface area contributed by atoms with Gasteiger partial charge in [-0.25, -0.2) is 0 Å². The molecule has 0 unspecified atom stereocenters. The van der Waals surface area contributed by atoms with Crippen LogP contribution in [-0.4, -0.2) is 4.92 Å². The van der Waals surface area contributed by atoms with Crippen LogP contribution in [0.3, 0.4) is 0 Å². The smallest absolute Gasteiger partial charge is 0.274 e. The number of nitro groups is 1. The van der Waals surface area contributed by atoms with Crippen molar-refractivity contribution >= 4 is 29.7 Å². The molecule has 1 rings (SSSR count). The van der Waals surface area contributed by atoms with Gasteiger partial charge in [0.1, 0.15) is 0 Å². The Labute approximate surface area is 111 Å². The van der Waals surface area contributed by atoms with Crippen LogP contribution in [0.2, 0.25) is 5.02 Å². The van der Waals surface area contributed by atoms with E-state index < -0.39 is 11.0 Å². The second-order valence-corrected chi connectivity index (χ2v) is 4.16. The summed E-state index contributed by atoms with van der Waals surface area (Å²) in [5.41, 5.74) is 7.20. The van der Waals surface area contributed by atoms with Gasteiger partial charge in [0.25, 0.3) is 5.69 Å². The number of hydrogen-bond donors (Lipinski definition) is 1. The molecule has 0 aliphatic carbocycles. The Morgan fingerprint density at radius 3 is 2.71 bits per heavy atom. The van der Waals surface area contributed by atoms with Crippen molar-refractivity contribution in [2.75, 3.05) is 0 Å². The summed E-state index contributed by atoms with van der Waals surface area (Å²) in [7, 11) is 0. The fourth-order valence-electron chi connectivity index (χ4n) is 1.47. The number of nitrogens with two attached hydrogens (primary N) is 1. The third-order valence-electron chi connectivity index (χ3n) is 2.15. The SMILES string of the molecule is C=C(C)C[C@H](N)c1cc(Cl)ccc1[N+](=O)[O-].Cl. The zero-order valence-electron chi connectivity index (χ0n) is 9.35. The molecule has 0 amide bonds. The molecule has 1 aromatic rings. The lowest BCUT2D eigenvalue weighted by Crippen LogP contribution is -2.12. The quantitative estimate of drug-likeness (QED) is 0.519. The lowest BCUT2D eigenvalue weighted by molar-refractivity contribution is -0.385. The first-order valence-corrected chi connectivity index (χ1v) is 5.13. The number of hydrogen-bond acceptors (Lipinski definition) is 3. The molecule has 0 aromatic heterocycles. The Hall–Kier alpha value is -1.10. The number of nitro benzene ring substituents is 1. The van der Waals surface area contributed by atoms with Crippen LogP contribution in [0, 0.1) is 10.1 Å². The molecule has 4 nitrogen and oxygen atoms in total. The predicted octanol–water partition coefficient (Wildman–Crippen LogP) is 3.64. The molecule has 0 radical (unpaired) electrons. The summed E-state index contributed by atoms with van der Waals surface area (Å²) in [4.78, 5) is 10.4. The molecule has 0 saturated heterocycles. The molecule has 0 spiro atoms. The third-order valence-corrected chi connectivity index (χ3v) is 2.39. The lowest BCUT2D eigenvalue weighted by Gasteiger charge is -2.12. The Morgan fingerprint density at radius 2 is 2.24 bits per heavy atom. The first-order chi connectivity index (χ1) is 7.41. The highest BCUT2D eigenvalue weighted by Crippen LogP contribution is 2.29. The molecule has 1 aromatic carbocycles. The van der Waals surface area contributed by atoms with Crippen LogP contribution in [0.15, 0.2) is 30.4 Å². The topological polar surface area (TPSA) is 69.2 Å². The van der Waals surface area contributed by atoms with Crippen LogP contribution >= 0.6 is 24.0 Å². The van der Waals surface area contributed by atoms with E-state index in [0.29, 0.717) is 17.0 Å². The molecule has 0 aliphatic rings. The van der Waals surface area contributed by atoms with Crippen molar-refractivity contribution in [3.8, 4) is 0 Å². The van der Waals surface area contributed by atoms with Gasteiger partial charge in [-0.1, -0.05) is 17.2 Å². The van der Waals surface area contributed by atoms with E-state index in [1.165, 1.54) is 18.2 Å². The van der Waals surface area contributed by atoms with Crippen LogP contribution in [0.4, 0.5) is 5.69 Å². The van der Waals surface area contributed by atoms with Gasteiger partial charge in [0.05, 0.1) is 4.92 Å². The molecule has 1 atom stereocenters. The fourth-order valence-corrected chi connectivity index (χ4v) is 1.65. The Bertz CT molecular complexity index is 435. The lowest BCUT2D eigenvalue weighted by atomic mass is 10.00. The predicted molar refractivity (Wildman–Crippen MR) is 71.7 cm³/mol. The minimum atomic E-state index is -0.454. The van der Waals surface area contributed by atoms with Crippen molar-refractivity contribution in [1.82, 2.24) is 0 Å². The molecule has 0 heterocycles. The minimum Gasteiger partial charge on any atom is -0.323 e. The molecule has 0 aliphatic heterocycles. The number of nitrogens with zero attached hydrogens (tertiary/aromatic N) is 1. The molecular weight excluding hydrogens is 263 g/mol. The normalized spacial score (nSPS) is 11.5. The fraction of sp³-hybridized carbons (Fsp3) is 0.273. The van der Waals surface area contributed by atoms with Crippen molar-refractivity contribution in [2.24, 2.45) is 5.73 Å². The highest BCUT2D eigenvalue weighted by atomic mass is 35.5. The zero-order valence-corrected chi connectivity index (χ0v) is 10.9. The maximum atomic E-state index is 10.8. The summed E-state index contributed by atoms with van der Waals surface area (Å²) in [6.45, 7) is 5.56. The van der Waals surface area contributed by atoms with Crippen LogP contribution in [0.5, 0.6) is 0 Å². The Kier molecular flexibility index (Phi) is 6.16. The van der Waals surface area contributed by atoms with Crippen molar-refractivity contribution in [3.63, 3.8) is 0 Å². The first kappa shape index (κ1) is 15.9. The number of benzene rings is 1. The largest absolute Gasteiger partial charge is 0.323 e. The van der Waals surface area contributed by atoms with Gasteiger partial charge in [0, 0.05) is 22.7 Å². The van der Waals surface area contributed by atoms with E-state index in [0.717, 1.165) is 5.57 Å². The summed E-state index contributed by atoms with van der Waals surface area (Å²) >= 11 is 5.80. The van der Waals surface area contributed by atoms with E-state index >= 15 is 0 Å². The standard InChI is InChI=1S/C11H13ClN2O2.ClH/c1-7(2)5-10(13)9-6-8(12)3-4-11(9)14(15)16;/h3-4,6,10H,1,5,13H2,2H3;1H/t10-;/m0./s1. The average Bonchev–Trinajstić information content (AvgIpc) is 2.15.